The standard InChI is InChI=1S/C10H15NO5S3/c12-6-9-10(1-3-17-9)19(15,16)11-5-8-2-4-18(13,14)7-8/h1,3,8,11-12H,2,4-7H2. The maximum absolute atomic E-state index is 12.0. The fraction of sp³-hybridized carbons (Fsp3) is 0.600. The van der Waals surface area contributed by atoms with E-state index < -0.39 is 19.9 Å². The SMILES string of the molecule is O=S1(=O)CCC(CNS(=O)(=O)c2ccsc2CO)C1. The fourth-order valence-electron chi connectivity index (χ4n) is 2.02. The second kappa shape index (κ2) is 5.49. The van der Waals surface area contributed by atoms with Gasteiger partial charge in [0.2, 0.25) is 10.0 Å². The minimum absolute atomic E-state index is 0.0337. The van der Waals surface area contributed by atoms with Crippen molar-refractivity contribution in [2.45, 2.75) is 17.9 Å². The summed E-state index contributed by atoms with van der Waals surface area (Å²) < 4.78 is 49.0. The van der Waals surface area contributed by atoms with Gasteiger partial charge in [0.05, 0.1) is 23.0 Å². The molecule has 9 heteroatoms. The first-order valence-corrected chi connectivity index (χ1v) is 9.90. The normalized spacial score (nSPS) is 22.7. The molecular weight excluding hydrogens is 310 g/mol. The van der Waals surface area contributed by atoms with E-state index in [1.165, 1.54) is 17.4 Å². The van der Waals surface area contributed by atoms with E-state index in [0.29, 0.717) is 11.3 Å². The molecule has 2 N–H and O–H groups in total. The molecule has 2 heterocycles. The molecule has 1 aliphatic heterocycles. The van der Waals surface area contributed by atoms with Crippen LogP contribution in [0.15, 0.2) is 16.3 Å². The number of hydrogen-bond acceptors (Lipinski definition) is 6. The lowest BCUT2D eigenvalue weighted by molar-refractivity contribution is 0.282. The van der Waals surface area contributed by atoms with Crippen LogP contribution in [0.5, 0.6) is 0 Å². The molecular formula is C10H15NO5S3. The smallest absolute Gasteiger partial charge is 0.241 e. The Balaban J connectivity index is 2.03. The van der Waals surface area contributed by atoms with Crippen molar-refractivity contribution in [3.05, 3.63) is 16.3 Å². The topological polar surface area (TPSA) is 101 Å². The van der Waals surface area contributed by atoms with Gasteiger partial charge in [-0.1, -0.05) is 0 Å². The molecule has 0 saturated carbocycles. The van der Waals surface area contributed by atoms with E-state index in [0.717, 1.165) is 0 Å². The van der Waals surface area contributed by atoms with E-state index >= 15 is 0 Å². The molecule has 0 radical (unpaired) electrons. The predicted octanol–water partition coefficient (Wildman–Crippen LogP) is -0.0466. The summed E-state index contributed by atoms with van der Waals surface area (Å²) in [5, 5.41) is 10.7. The zero-order valence-corrected chi connectivity index (χ0v) is 12.5. The lowest BCUT2D eigenvalue weighted by Gasteiger charge is -2.10. The van der Waals surface area contributed by atoms with Crippen LogP contribution in [0.25, 0.3) is 0 Å². The van der Waals surface area contributed by atoms with Gasteiger partial charge in [-0.05, 0) is 23.8 Å². The molecule has 19 heavy (non-hydrogen) atoms. The van der Waals surface area contributed by atoms with Gasteiger partial charge in [-0.25, -0.2) is 21.6 Å². The molecule has 1 aromatic rings. The number of aliphatic hydroxyl groups is 1. The molecule has 1 fully saturated rings. The van der Waals surface area contributed by atoms with Crippen molar-refractivity contribution in [3.63, 3.8) is 0 Å². The molecule has 1 aliphatic rings. The lowest BCUT2D eigenvalue weighted by atomic mass is 10.1. The van der Waals surface area contributed by atoms with Crippen LogP contribution in [-0.2, 0) is 26.5 Å². The van der Waals surface area contributed by atoms with Gasteiger partial charge in [0.25, 0.3) is 0 Å². The highest BCUT2D eigenvalue weighted by molar-refractivity contribution is 7.91. The van der Waals surface area contributed by atoms with Gasteiger partial charge >= 0.3 is 0 Å². The van der Waals surface area contributed by atoms with E-state index in [2.05, 4.69) is 4.72 Å². The molecule has 1 unspecified atom stereocenters. The highest BCUT2D eigenvalue weighted by atomic mass is 32.2. The van der Waals surface area contributed by atoms with Crippen LogP contribution in [0, 0.1) is 5.92 Å². The van der Waals surface area contributed by atoms with E-state index in [1.807, 2.05) is 0 Å². The second-order valence-electron chi connectivity index (χ2n) is 4.49. The summed E-state index contributed by atoms with van der Waals surface area (Å²) in [6.07, 6.45) is 0.487. The number of thiophene rings is 1. The Bertz CT molecular complexity index is 646. The Morgan fingerprint density at radius 2 is 2.21 bits per heavy atom. The Morgan fingerprint density at radius 3 is 2.79 bits per heavy atom. The Labute approximate surface area is 116 Å². The zero-order valence-electron chi connectivity index (χ0n) is 10.1. The van der Waals surface area contributed by atoms with Gasteiger partial charge < -0.3 is 5.11 Å². The van der Waals surface area contributed by atoms with Crippen LogP contribution in [0.1, 0.15) is 11.3 Å². The number of nitrogens with one attached hydrogen (secondary N) is 1. The van der Waals surface area contributed by atoms with Crippen LogP contribution in [0.4, 0.5) is 0 Å². The average molecular weight is 325 g/mol. The first-order chi connectivity index (χ1) is 8.84. The number of hydrogen-bond donors (Lipinski definition) is 2. The Hall–Kier alpha value is -0.480. The maximum atomic E-state index is 12.0. The second-order valence-corrected chi connectivity index (χ2v) is 9.45. The number of aliphatic hydroxyl groups excluding tert-OH is 1. The van der Waals surface area contributed by atoms with Crippen molar-refractivity contribution in [1.82, 2.24) is 4.72 Å². The molecule has 0 aromatic carbocycles. The van der Waals surface area contributed by atoms with Crippen molar-refractivity contribution < 1.29 is 21.9 Å². The van der Waals surface area contributed by atoms with E-state index in [1.54, 1.807) is 5.38 Å². The fourth-order valence-corrected chi connectivity index (χ4v) is 6.29. The summed E-state index contributed by atoms with van der Waals surface area (Å²) >= 11 is 1.17. The van der Waals surface area contributed by atoms with Crippen LogP contribution in [0.3, 0.4) is 0 Å². The first kappa shape index (κ1) is 14.9. The van der Waals surface area contributed by atoms with Crippen molar-refractivity contribution in [2.75, 3.05) is 18.1 Å². The van der Waals surface area contributed by atoms with E-state index in [4.69, 9.17) is 5.11 Å². The monoisotopic (exact) mass is 325 g/mol. The molecule has 0 spiro atoms. The van der Waals surface area contributed by atoms with Crippen LogP contribution < -0.4 is 4.72 Å². The van der Waals surface area contributed by atoms with E-state index in [-0.39, 0.29) is 35.5 Å². The zero-order chi connectivity index (χ0) is 14.1. The van der Waals surface area contributed by atoms with Crippen molar-refractivity contribution in [2.24, 2.45) is 5.92 Å². The van der Waals surface area contributed by atoms with E-state index in [9.17, 15) is 16.8 Å². The summed E-state index contributed by atoms with van der Waals surface area (Å²) in [4.78, 5) is 0.451. The largest absolute Gasteiger partial charge is 0.391 e. The van der Waals surface area contributed by atoms with Crippen molar-refractivity contribution in [1.29, 1.82) is 0 Å². The van der Waals surface area contributed by atoms with Gasteiger partial charge in [-0.3, -0.25) is 0 Å². The van der Waals surface area contributed by atoms with Gasteiger partial charge in [-0.15, -0.1) is 11.3 Å². The molecule has 1 saturated heterocycles. The summed E-state index contributed by atoms with van der Waals surface area (Å²) in [6, 6.07) is 1.43. The Kier molecular flexibility index (Phi) is 4.31. The van der Waals surface area contributed by atoms with Gasteiger partial charge in [0.1, 0.15) is 0 Å². The molecule has 1 aromatic heterocycles. The van der Waals surface area contributed by atoms with Crippen LogP contribution in [-0.4, -0.2) is 40.0 Å². The third kappa shape index (κ3) is 3.54. The molecule has 0 bridgehead atoms. The Morgan fingerprint density at radius 1 is 1.47 bits per heavy atom. The summed E-state index contributed by atoms with van der Waals surface area (Å²) in [6.45, 7) is -0.214. The summed E-state index contributed by atoms with van der Waals surface area (Å²) in [5.41, 5.74) is 0. The number of sulfonamides is 1. The minimum atomic E-state index is -3.68. The molecule has 2 rings (SSSR count). The highest BCUT2D eigenvalue weighted by Gasteiger charge is 2.29. The molecule has 6 nitrogen and oxygen atoms in total. The minimum Gasteiger partial charge on any atom is -0.391 e. The highest BCUT2D eigenvalue weighted by Crippen LogP contribution is 2.23. The van der Waals surface area contributed by atoms with Crippen molar-refractivity contribution >= 4 is 31.2 Å². The summed E-state index contributed by atoms with van der Waals surface area (Å²) in [5.74, 6) is -0.0119. The first-order valence-electron chi connectivity index (χ1n) is 5.71. The number of rotatable bonds is 5. The van der Waals surface area contributed by atoms with Gasteiger partial charge in [0, 0.05) is 11.4 Å². The van der Waals surface area contributed by atoms with Gasteiger partial charge in [-0.2, -0.15) is 0 Å². The maximum Gasteiger partial charge on any atom is 0.241 e. The quantitative estimate of drug-likeness (QED) is 0.791. The molecule has 1 atom stereocenters. The third-order valence-corrected chi connectivity index (χ3v) is 7.41. The molecule has 0 aliphatic carbocycles. The lowest BCUT2D eigenvalue weighted by Crippen LogP contribution is -2.30. The molecule has 108 valence electrons. The third-order valence-electron chi connectivity index (χ3n) is 3.03. The van der Waals surface area contributed by atoms with Crippen molar-refractivity contribution in [3.8, 4) is 0 Å². The number of sulfone groups is 1. The average Bonchev–Trinajstić information content (AvgIpc) is 2.93. The van der Waals surface area contributed by atoms with Crippen LogP contribution >= 0.6 is 11.3 Å². The van der Waals surface area contributed by atoms with Gasteiger partial charge in [0.15, 0.2) is 9.84 Å². The molecule has 0 amide bonds. The van der Waals surface area contributed by atoms with Crippen LogP contribution in [0.2, 0.25) is 0 Å². The summed E-state index contributed by atoms with van der Waals surface area (Å²) in [7, 11) is -6.68. The predicted molar refractivity (Wildman–Crippen MR) is 72.2 cm³/mol.